The molecule has 0 bridgehead atoms. The molecule has 122 valence electrons. The van der Waals surface area contributed by atoms with Crippen LogP contribution in [0.15, 0.2) is 42.5 Å². The Labute approximate surface area is 139 Å². The Morgan fingerprint density at radius 3 is 2.58 bits per heavy atom. The average Bonchev–Trinajstić information content (AvgIpc) is 3.02. The van der Waals surface area contributed by atoms with Crippen LogP contribution in [0.3, 0.4) is 0 Å². The lowest BCUT2D eigenvalue weighted by Gasteiger charge is -2.09. The average molecular weight is 323 g/mol. The zero-order valence-corrected chi connectivity index (χ0v) is 13.4. The molecule has 2 N–H and O–H groups in total. The highest BCUT2D eigenvalue weighted by molar-refractivity contribution is 5.87. The predicted molar refractivity (Wildman–Crippen MR) is 89.0 cm³/mol. The summed E-state index contributed by atoms with van der Waals surface area (Å²) in [7, 11) is 0. The van der Waals surface area contributed by atoms with Crippen LogP contribution in [0.2, 0.25) is 0 Å². The van der Waals surface area contributed by atoms with Crippen LogP contribution in [0, 0.1) is 13.8 Å². The lowest BCUT2D eigenvalue weighted by molar-refractivity contribution is 0.0685. The summed E-state index contributed by atoms with van der Waals surface area (Å²) in [4.78, 5) is 11.0. The molecule has 6 nitrogen and oxygen atoms in total. The Hall–Kier alpha value is -3.15. The molecular formula is C18H17N3O3. The summed E-state index contributed by atoms with van der Waals surface area (Å²) >= 11 is 0. The summed E-state index contributed by atoms with van der Waals surface area (Å²) < 4.78 is 5.42. The molecule has 0 radical (unpaired) electrons. The number of rotatable bonds is 5. The molecule has 1 aromatic heterocycles. The maximum Gasteiger partial charge on any atom is 0.359 e. The quantitative estimate of drug-likeness (QED) is 0.751. The van der Waals surface area contributed by atoms with E-state index in [1.165, 1.54) is 16.7 Å². The molecule has 3 aromatic rings. The van der Waals surface area contributed by atoms with Crippen LogP contribution < -0.4 is 4.74 Å². The fourth-order valence-electron chi connectivity index (χ4n) is 2.53. The molecule has 6 heteroatoms. The minimum atomic E-state index is -1.15. The number of benzene rings is 2. The van der Waals surface area contributed by atoms with Crippen LogP contribution in [0.4, 0.5) is 0 Å². The molecule has 0 saturated carbocycles. The van der Waals surface area contributed by atoms with E-state index in [1.807, 2.05) is 24.3 Å². The Morgan fingerprint density at radius 2 is 1.92 bits per heavy atom. The van der Waals surface area contributed by atoms with E-state index in [1.54, 1.807) is 0 Å². The molecule has 0 aliphatic rings. The summed E-state index contributed by atoms with van der Waals surface area (Å²) in [6.45, 7) is 4.39. The van der Waals surface area contributed by atoms with Crippen LogP contribution >= 0.6 is 0 Å². The number of aromatic carboxylic acids is 1. The maximum atomic E-state index is 11.0. The first-order chi connectivity index (χ1) is 11.5. The van der Waals surface area contributed by atoms with E-state index in [9.17, 15) is 4.79 Å². The van der Waals surface area contributed by atoms with Gasteiger partial charge in [0, 0.05) is 0 Å². The van der Waals surface area contributed by atoms with Gasteiger partial charge in [-0.05, 0) is 36.1 Å². The van der Waals surface area contributed by atoms with Gasteiger partial charge < -0.3 is 9.84 Å². The van der Waals surface area contributed by atoms with E-state index < -0.39 is 5.97 Å². The summed E-state index contributed by atoms with van der Waals surface area (Å²) in [5.74, 6) is -1.17. The predicted octanol–water partition coefficient (Wildman–Crippen LogP) is 3.37. The van der Waals surface area contributed by atoms with Gasteiger partial charge in [-0.25, -0.2) is 9.89 Å². The van der Waals surface area contributed by atoms with Crippen LogP contribution in [-0.4, -0.2) is 26.5 Å². The molecule has 0 spiro atoms. The number of hydrogen-bond acceptors (Lipinski definition) is 4. The van der Waals surface area contributed by atoms with Gasteiger partial charge in [-0.3, -0.25) is 0 Å². The second kappa shape index (κ2) is 6.54. The van der Waals surface area contributed by atoms with Crippen molar-refractivity contribution in [2.45, 2.75) is 20.5 Å². The molecule has 0 aliphatic carbocycles. The zero-order chi connectivity index (χ0) is 17.1. The van der Waals surface area contributed by atoms with Gasteiger partial charge in [-0.15, -0.1) is 0 Å². The minimum Gasteiger partial charge on any atom is -0.476 e. The molecule has 1 heterocycles. The first kappa shape index (κ1) is 15.7. The number of aryl methyl sites for hydroxylation is 2. The van der Waals surface area contributed by atoms with Gasteiger partial charge in [-0.2, -0.15) is 0 Å². The van der Waals surface area contributed by atoms with Crippen LogP contribution in [-0.2, 0) is 6.61 Å². The van der Waals surface area contributed by atoms with Gasteiger partial charge in [0.2, 0.25) is 5.69 Å². The summed E-state index contributed by atoms with van der Waals surface area (Å²) in [6.07, 6.45) is 0. The van der Waals surface area contributed by atoms with Gasteiger partial charge in [0.25, 0.3) is 5.88 Å². The SMILES string of the molecule is Cc1ccc(-c2ccc(COc3nn[nH]c3C(=O)O)cc2)c(C)c1. The first-order valence-electron chi connectivity index (χ1n) is 7.48. The number of carbonyl (C=O) groups is 1. The third-order valence-electron chi connectivity index (χ3n) is 3.75. The van der Waals surface area contributed by atoms with E-state index in [-0.39, 0.29) is 18.2 Å². The summed E-state index contributed by atoms with van der Waals surface area (Å²) in [5.41, 5.74) is 5.56. The molecule has 24 heavy (non-hydrogen) atoms. The van der Waals surface area contributed by atoms with E-state index in [2.05, 4.69) is 47.5 Å². The molecule has 0 fully saturated rings. The van der Waals surface area contributed by atoms with Crippen LogP contribution in [0.5, 0.6) is 5.88 Å². The van der Waals surface area contributed by atoms with Gasteiger partial charge in [-0.1, -0.05) is 58.3 Å². The zero-order valence-electron chi connectivity index (χ0n) is 13.4. The van der Waals surface area contributed by atoms with Gasteiger partial charge >= 0.3 is 5.97 Å². The van der Waals surface area contributed by atoms with Crippen LogP contribution in [0.1, 0.15) is 27.2 Å². The molecule has 3 rings (SSSR count). The number of carboxylic acid groups (broad SMARTS) is 1. The smallest absolute Gasteiger partial charge is 0.359 e. The van der Waals surface area contributed by atoms with Crippen molar-refractivity contribution in [3.63, 3.8) is 0 Å². The van der Waals surface area contributed by atoms with E-state index in [0.29, 0.717) is 0 Å². The van der Waals surface area contributed by atoms with Crippen LogP contribution in [0.25, 0.3) is 11.1 Å². The number of aromatic amines is 1. The minimum absolute atomic E-state index is 0.0130. The topological polar surface area (TPSA) is 88.1 Å². The number of nitrogens with one attached hydrogen (secondary N) is 1. The van der Waals surface area contributed by atoms with E-state index in [4.69, 9.17) is 9.84 Å². The second-order valence-electron chi connectivity index (χ2n) is 5.60. The molecule has 0 aliphatic heterocycles. The van der Waals surface area contributed by atoms with E-state index in [0.717, 1.165) is 11.1 Å². The Balaban J connectivity index is 1.73. The number of hydrogen-bond donors (Lipinski definition) is 2. The molecule has 0 saturated heterocycles. The normalized spacial score (nSPS) is 10.6. The van der Waals surface area contributed by atoms with Crippen molar-refractivity contribution < 1.29 is 14.6 Å². The van der Waals surface area contributed by atoms with Gasteiger partial charge in [0.15, 0.2) is 0 Å². The molecular weight excluding hydrogens is 306 g/mol. The molecule has 0 amide bonds. The monoisotopic (exact) mass is 323 g/mol. The summed E-state index contributed by atoms with van der Waals surface area (Å²) in [6, 6.07) is 14.3. The van der Waals surface area contributed by atoms with Crippen molar-refractivity contribution in [3.8, 4) is 17.0 Å². The van der Waals surface area contributed by atoms with Crippen molar-refractivity contribution in [1.82, 2.24) is 15.4 Å². The van der Waals surface area contributed by atoms with Crippen molar-refractivity contribution in [1.29, 1.82) is 0 Å². The lowest BCUT2D eigenvalue weighted by Crippen LogP contribution is -2.03. The third kappa shape index (κ3) is 3.27. The van der Waals surface area contributed by atoms with Crippen molar-refractivity contribution in [3.05, 3.63) is 64.8 Å². The highest BCUT2D eigenvalue weighted by atomic mass is 16.5. The fraction of sp³-hybridized carbons (Fsp3) is 0.167. The Bertz CT molecular complexity index is 869. The summed E-state index contributed by atoms with van der Waals surface area (Å²) in [5, 5.41) is 18.3. The number of H-pyrrole nitrogens is 1. The maximum absolute atomic E-state index is 11.0. The number of aromatic nitrogens is 3. The largest absolute Gasteiger partial charge is 0.476 e. The molecule has 0 unspecified atom stereocenters. The number of carboxylic acids is 1. The Kier molecular flexibility index (Phi) is 4.29. The van der Waals surface area contributed by atoms with Crippen molar-refractivity contribution in [2.75, 3.05) is 0 Å². The number of nitrogens with zero attached hydrogens (tertiary/aromatic N) is 2. The third-order valence-corrected chi connectivity index (χ3v) is 3.75. The van der Waals surface area contributed by atoms with Crippen molar-refractivity contribution >= 4 is 5.97 Å². The first-order valence-corrected chi connectivity index (χ1v) is 7.48. The van der Waals surface area contributed by atoms with Gasteiger partial charge in [0.1, 0.15) is 6.61 Å². The number of ether oxygens (including phenoxy) is 1. The van der Waals surface area contributed by atoms with Gasteiger partial charge in [0.05, 0.1) is 0 Å². The Morgan fingerprint density at radius 1 is 1.17 bits per heavy atom. The second-order valence-corrected chi connectivity index (χ2v) is 5.60. The van der Waals surface area contributed by atoms with Crippen molar-refractivity contribution in [2.24, 2.45) is 0 Å². The molecule has 2 aromatic carbocycles. The molecule has 0 atom stereocenters. The fourth-order valence-corrected chi connectivity index (χ4v) is 2.53. The highest BCUT2D eigenvalue weighted by Crippen LogP contribution is 2.25. The standard InChI is InChI=1S/C18H17N3O3/c1-11-3-8-15(12(2)9-11)14-6-4-13(5-7-14)10-24-17-16(18(22)23)19-21-20-17/h3-9H,10H2,1-2H3,(H,22,23)(H,19,20,21). The van der Waals surface area contributed by atoms with E-state index >= 15 is 0 Å². The highest BCUT2D eigenvalue weighted by Gasteiger charge is 2.15. The lowest BCUT2D eigenvalue weighted by atomic mass is 9.98.